The zero-order chi connectivity index (χ0) is 15.8. The van der Waals surface area contributed by atoms with Gasteiger partial charge >= 0.3 is 26.8 Å². The Kier molecular flexibility index (Phi) is 15.7. The van der Waals surface area contributed by atoms with Crippen LogP contribution in [0.15, 0.2) is 34.7 Å². The Balaban J connectivity index is -0.000000273. The van der Waals surface area contributed by atoms with Gasteiger partial charge in [-0.25, -0.2) is 22.5 Å². The molecule has 0 atom stereocenters. The van der Waals surface area contributed by atoms with Crippen LogP contribution >= 0.6 is 0 Å². The van der Waals surface area contributed by atoms with E-state index in [4.69, 9.17) is 0 Å². The van der Waals surface area contributed by atoms with Gasteiger partial charge in [-0.1, -0.05) is 39.3 Å². The van der Waals surface area contributed by atoms with Crippen LogP contribution in [0.2, 0.25) is 39.3 Å². The molecule has 0 heterocycles. The van der Waals surface area contributed by atoms with E-state index in [1.54, 1.807) is 29.6 Å². The van der Waals surface area contributed by atoms with Crippen molar-refractivity contribution in [3.05, 3.63) is 61.7 Å². The summed E-state index contributed by atoms with van der Waals surface area (Å²) < 4.78 is 0. The van der Waals surface area contributed by atoms with Crippen LogP contribution < -0.4 is 0 Å². The van der Waals surface area contributed by atoms with Crippen molar-refractivity contribution in [2.45, 2.75) is 52.1 Å². The molecule has 0 spiro atoms. The minimum absolute atomic E-state index is 0. The maximum absolute atomic E-state index is 3.20. The van der Waals surface area contributed by atoms with Gasteiger partial charge in [-0.15, -0.1) is 12.8 Å². The Bertz CT molecular complexity index is 379. The molecule has 0 aromatic carbocycles. The van der Waals surface area contributed by atoms with E-state index in [0.717, 1.165) is 12.8 Å². The molecule has 2 aliphatic carbocycles. The molecular weight excluding hydrogens is 348 g/mol. The van der Waals surface area contributed by atoms with Gasteiger partial charge in [0, 0.05) is 0 Å². The molecule has 0 unspecified atom stereocenters. The van der Waals surface area contributed by atoms with E-state index < -0.39 is 16.1 Å². The summed E-state index contributed by atoms with van der Waals surface area (Å²) in [7, 11) is 1.01. The Morgan fingerprint density at radius 2 is 1.05 bits per heavy atom. The summed E-state index contributed by atoms with van der Waals surface area (Å²) in [6.45, 7) is 14.2. The molecule has 0 aromatic heterocycles. The molecule has 0 fully saturated rings. The third-order valence-electron chi connectivity index (χ3n) is 3.13. The number of hydrogen-bond acceptors (Lipinski definition) is 0. The normalized spacial score (nSPS) is 15.1. The minimum atomic E-state index is -0.981. The molecule has 0 saturated carbocycles. The molecule has 22 heavy (non-hydrogen) atoms. The standard InChI is InChI=1S/2C8H13Si.2CH3.Si.Ti/c2*1-9(2,3)8-6-4-5-7-8;;;;/h2*6-7H,4H2,1-3H3;2*1H3;;/q4*-1;;. The second-order valence-electron chi connectivity index (χ2n) is 6.92. The topological polar surface area (TPSA) is 0 Å². The maximum atomic E-state index is 3.20. The van der Waals surface area contributed by atoms with E-state index in [1.807, 2.05) is 0 Å². The molecule has 0 amide bonds. The van der Waals surface area contributed by atoms with Crippen LogP contribution in [0.4, 0.5) is 0 Å². The van der Waals surface area contributed by atoms with Crippen molar-refractivity contribution in [2.24, 2.45) is 0 Å². The van der Waals surface area contributed by atoms with E-state index in [9.17, 15) is 0 Å². The molecule has 0 N–H and O–H groups in total. The number of allylic oxidation sites excluding steroid dienone is 8. The van der Waals surface area contributed by atoms with Crippen LogP contribution in [0.5, 0.6) is 0 Å². The average Bonchev–Trinajstić information content (AvgIpc) is 3.04. The van der Waals surface area contributed by atoms with Crippen molar-refractivity contribution in [1.29, 1.82) is 0 Å². The molecule has 0 bridgehead atoms. The molecule has 2 radical (unpaired) electrons. The monoisotopic (exact) mass is 380 g/mol. The van der Waals surface area contributed by atoms with E-state index >= 15 is 0 Å². The Labute approximate surface area is 156 Å². The van der Waals surface area contributed by atoms with E-state index in [2.05, 4.69) is 83.4 Å². The van der Waals surface area contributed by atoms with Crippen LogP contribution in [-0.4, -0.2) is 23.8 Å². The van der Waals surface area contributed by atoms with Crippen molar-refractivity contribution in [3.63, 3.8) is 0 Å². The molecule has 0 aliphatic heterocycles. The SMILES string of the molecule is C[Si](C)(C)C1=CC[C-]=C1.C[Si](C)(C)C1=CC[C-]=C1.[CH3-].[CH3-].[Si]=[Ti]. The molecule has 0 aromatic rings. The van der Waals surface area contributed by atoms with Gasteiger partial charge < -0.3 is 14.9 Å². The summed E-state index contributed by atoms with van der Waals surface area (Å²) in [5.74, 6) is 0. The van der Waals surface area contributed by atoms with Gasteiger partial charge in [0.05, 0.1) is 0 Å². The third kappa shape index (κ3) is 11.0. The van der Waals surface area contributed by atoms with Crippen LogP contribution in [0.1, 0.15) is 12.8 Å². The Morgan fingerprint density at radius 3 is 1.14 bits per heavy atom. The second-order valence-corrected chi connectivity index (χ2v) is 17.1. The quantitative estimate of drug-likeness (QED) is 0.431. The fourth-order valence-corrected chi connectivity index (χ4v) is 4.34. The Hall–Kier alpha value is 0.325. The molecule has 2 rings (SSSR count). The van der Waals surface area contributed by atoms with Crippen LogP contribution in [-0.2, 0) is 19.2 Å². The van der Waals surface area contributed by atoms with Crippen molar-refractivity contribution >= 4 is 23.8 Å². The molecular formula is C18H32Si3Ti-4. The van der Waals surface area contributed by atoms with E-state index in [1.165, 1.54) is 0 Å². The molecule has 0 saturated heterocycles. The predicted molar refractivity (Wildman–Crippen MR) is 106 cm³/mol. The van der Waals surface area contributed by atoms with Crippen molar-refractivity contribution < 1.29 is 19.2 Å². The third-order valence-corrected chi connectivity index (χ3v) is 7.29. The van der Waals surface area contributed by atoms with Crippen molar-refractivity contribution in [3.8, 4) is 0 Å². The van der Waals surface area contributed by atoms with Gasteiger partial charge in [-0.3, -0.25) is 12.2 Å². The molecule has 0 nitrogen and oxygen atoms in total. The summed E-state index contributed by atoms with van der Waals surface area (Å²) in [6, 6.07) is 0. The first kappa shape index (κ1) is 27.2. The first-order chi connectivity index (χ1) is 9.21. The Morgan fingerprint density at radius 1 is 0.773 bits per heavy atom. The van der Waals surface area contributed by atoms with Gasteiger partial charge in [-0.2, -0.15) is 12.2 Å². The zero-order valence-corrected chi connectivity index (χ0v) is 20.3. The van der Waals surface area contributed by atoms with Crippen LogP contribution in [0.3, 0.4) is 0 Å². The zero-order valence-electron chi connectivity index (χ0n) is 15.7. The van der Waals surface area contributed by atoms with Gasteiger partial charge in [0.25, 0.3) is 0 Å². The second kappa shape index (κ2) is 12.7. The van der Waals surface area contributed by atoms with E-state index in [0.29, 0.717) is 0 Å². The van der Waals surface area contributed by atoms with Crippen LogP contribution in [0, 0.1) is 27.0 Å². The number of hydrogen-bond donors (Lipinski definition) is 0. The summed E-state index contributed by atoms with van der Waals surface area (Å²) >= 11 is 1.81. The van der Waals surface area contributed by atoms with Crippen LogP contribution in [0.25, 0.3) is 0 Å². The average molecular weight is 381 g/mol. The predicted octanol–water partition coefficient (Wildman–Crippen LogP) is 5.62. The van der Waals surface area contributed by atoms with E-state index in [-0.39, 0.29) is 14.9 Å². The van der Waals surface area contributed by atoms with Crippen molar-refractivity contribution in [1.82, 2.24) is 0 Å². The van der Waals surface area contributed by atoms with Gasteiger partial charge in [0.1, 0.15) is 0 Å². The fourth-order valence-electron chi connectivity index (χ4n) is 1.84. The summed E-state index contributed by atoms with van der Waals surface area (Å²) in [6.07, 6.45) is 17.4. The first-order valence-electron chi connectivity index (χ1n) is 7.01. The van der Waals surface area contributed by atoms with Gasteiger partial charge in [0.15, 0.2) is 0 Å². The molecule has 4 heteroatoms. The summed E-state index contributed by atoms with van der Waals surface area (Å²) in [5.41, 5.74) is 0. The summed E-state index contributed by atoms with van der Waals surface area (Å²) in [4.78, 5) is 0. The number of rotatable bonds is 2. The summed E-state index contributed by atoms with van der Waals surface area (Å²) in [5, 5.41) is 3.12. The van der Waals surface area contributed by atoms with Gasteiger partial charge in [0.2, 0.25) is 0 Å². The molecule has 2 aliphatic rings. The van der Waals surface area contributed by atoms with Gasteiger partial charge in [-0.05, 0) is 16.1 Å². The van der Waals surface area contributed by atoms with Crippen molar-refractivity contribution in [2.75, 3.05) is 0 Å². The molecule has 124 valence electrons. The fraction of sp³-hybridized carbons (Fsp3) is 0.444. The first-order valence-corrected chi connectivity index (χ1v) is 16.8.